The van der Waals surface area contributed by atoms with Gasteiger partial charge in [-0.3, -0.25) is 10.1 Å². The second-order valence-electron chi connectivity index (χ2n) is 3.78. The number of unbranched alkanes of at least 4 members (excludes halogenated alkanes) is 1. The maximum absolute atomic E-state index is 10.6. The van der Waals surface area contributed by atoms with Crippen molar-refractivity contribution in [3.8, 4) is 0 Å². The molecule has 0 aliphatic rings. The Kier molecular flexibility index (Phi) is 4.10. The molecule has 0 saturated carbocycles. The highest BCUT2D eigenvalue weighted by Gasteiger charge is 2.12. The predicted octanol–water partition coefficient (Wildman–Crippen LogP) is 2.41. The van der Waals surface area contributed by atoms with Crippen LogP contribution in [0.25, 0.3) is 0 Å². The third-order valence-electron chi connectivity index (χ3n) is 2.50. The number of nitrogens with zero attached hydrogens (tertiary/aromatic N) is 2. The number of nitro groups is 1. The zero-order valence-electron chi connectivity index (χ0n) is 9.64. The summed E-state index contributed by atoms with van der Waals surface area (Å²) in [4.78, 5) is 12.2. The average Bonchev–Trinajstić information content (AvgIpc) is 2.25. The normalized spacial score (nSPS) is 10.1. The van der Waals surface area contributed by atoms with E-state index >= 15 is 0 Å². The number of nitrogen functional groups attached to an aromatic ring is 1. The molecule has 0 fully saturated rings. The summed E-state index contributed by atoms with van der Waals surface area (Å²) in [5.74, 6) is 0. The first kappa shape index (κ1) is 12.3. The molecule has 2 N–H and O–H groups in total. The lowest BCUT2D eigenvalue weighted by molar-refractivity contribution is -0.383. The summed E-state index contributed by atoms with van der Waals surface area (Å²) in [6.45, 7) is 3.05. The molecule has 16 heavy (non-hydrogen) atoms. The van der Waals surface area contributed by atoms with Gasteiger partial charge in [-0.2, -0.15) is 0 Å². The fourth-order valence-corrected chi connectivity index (χ4v) is 1.47. The lowest BCUT2D eigenvalue weighted by atomic mass is 10.2. The van der Waals surface area contributed by atoms with Gasteiger partial charge in [0.25, 0.3) is 5.69 Å². The van der Waals surface area contributed by atoms with Crippen molar-refractivity contribution >= 4 is 17.1 Å². The molecule has 1 aromatic carbocycles. The first-order chi connectivity index (χ1) is 7.56. The Morgan fingerprint density at radius 1 is 1.50 bits per heavy atom. The monoisotopic (exact) mass is 223 g/mol. The van der Waals surface area contributed by atoms with Crippen LogP contribution in [-0.4, -0.2) is 18.5 Å². The second kappa shape index (κ2) is 5.34. The third kappa shape index (κ3) is 2.85. The maximum Gasteiger partial charge on any atom is 0.292 e. The minimum atomic E-state index is -0.467. The van der Waals surface area contributed by atoms with Gasteiger partial charge in [0.15, 0.2) is 0 Å². The molecule has 0 aliphatic heterocycles. The highest BCUT2D eigenvalue weighted by atomic mass is 16.6. The van der Waals surface area contributed by atoms with E-state index in [4.69, 9.17) is 5.73 Å². The second-order valence-corrected chi connectivity index (χ2v) is 3.78. The van der Waals surface area contributed by atoms with Crippen molar-refractivity contribution in [1.82, 2.24) is 0 Å². The molecule has 0 saturated heterocycles. The smallest absolute Gasteiger partial charge is 0.292 e. The Labute approximate surface area is 95.0 Å². The minimum Gasteiger partial charge on any atom is -0.393 e. The molecule has 0 atom stereocenters. The topological polar surface area (TPSA) is 72.4 Å². The maximum atomic E-state index is 10.6. The number of nitro benzene ring substituents is 1. The van der Waals surface area contributed by atoms with Gasteiger partial charge in [0.05, 0.1) is 4.92 Å². The van der Waals surface area contributed by atoms with Gasteiger partial charge >= 0.3 is 0 Å². The van der Waals surface area contributed by atoms with Crippen LogP contribution in [-0.2, 0) is 0 Å². The Balaban J connectivity index is 2.84. The molecular formula is C11H17N3O2. The summed E-state index contributed by atoms with van der Waals surface area (Å²) in [5.41, 5.74) is 6.71. The molecule has 1 rings (SSSR count). The summed E-state index contributed by atoms with van der Waals surface area (Å²) in [6.07, 6.45) is 2.21. The van der Waals surface area contributed by atoms with Crippen molar-refractivity contribution in [2.75, 3.05) is 24.2 Å². The van der Waals surface area contributed by atoms with Crippen LogP contribution in [0.5, 0.6) is 0 Å². The van der Waals surface area contributed by atoms with E-state index in [1.165, 1.54) is 6.07 Å². The molecule has 0 bridgehead atoms. The highest BCUT2D eigenvalue weighted by molar-refractivity contribution is 5.66. The van der Waals surface area contributed by atoms with E-state index in [9.17, 15) is 10.1 Å². The fraction of sp³-hybridized carbons (Fsp3) is 0.455. The average molecular weight is 223 g/mol. The van der Waals surface area contributed by atoms with Crippen LogP contribution in [0.3, 0.4) is 0 Å². The quantitative estimate of drug-likeness (QED) is 0.472. The van der Waals surface area contributed by atoms with Crippen molar-refractivity contribution in [3.05, 3.63) is 28.3 Å². The molecule has 0 amide bonds. The summed E-state index contributed by atoms with van der Waals surface area (Å²) >= 11 is 0. The van der Waals surface area contributed by atoms with Gasteiger partial charge in [0.2, 0.25) is 0 Å². The van der Waals surface area contributed by atoms with E-state index < -0.39 is 4.92 Å². The molecule has 0 unspecified atom stereocenters. The molecule has 0 aromatic heterocycles. The molecule has 5 nitrogen and oxygen atoms in total. The molecule has 5 heteroatoms. The molecule has 0 radical (unpaired) electrons. The number of anilines is 2. The van der Waals surface area contributed by atoms with Gasteiger partial charge in [-0.25, -0.2) is 0 Å². The first-order valence-electron chi connectivity index (χ1n) is 5.31. The molecule has 0 aliphatic carbocycles. The van der Waals surface area contributed by atoms with Gasteiger partial charge in [0, 0.05) is 25.3 Å². The SMILES string of the molecule is CCCCN(C)c1ccc([N+](=O)[O-])c(N)c1. The first-order valence-corrected chi connectivity index (χ1v) is 5.31. The Morgan fingerprint density at radius 2 is 2.19 bits per heavy atom. The standard InChI is InChI=1S/C11H17N3O2/c1-3-4-7-13(2)9-5-6-11(14(15)16)10(12)8-9/h5-6,8H,3-4,7,12H2,1-2H3. The van der Waals surface area contributed by atoms with E-state index in [1.807, 2.05) is 11.9 Å². The lowest BCUT2D eigenvalue weighted by Crippen LogP contribution is -2.18. The Bertz CT molecular complexity index is 379. The van der Waals surface area contributed by atoms with Gasteiger partial charge in [-0.05, 0) is 18.6 Å². The van der Waals surface area contributed by atoms with Crippen molar-refractivity contribution in [2.45, 2.75) is 19.8 Å². The Hall–Kier alpha value is -1.78. The van der Waals surface area contributed by atoms with Crippen LogP contribution in [0.1, 0.15) is 19.8 Å². The summed E-state index contributed by atoms with van der Waals surface area (Å²) in [5, 5.41) is 10.6. The number of hydrogen-bond donors (Lipinski definition) is 1. The molecule has 88 valence electrons. The number of nitrogens with two attached hydrogens (primary N) is 1. The zero-order chi connectivity index (χ0) is 12.1. The van der Waals surface area contributed by atoms with E-state index in [1.54, 1.807) is 12.1 Å². The van der Waals surface area contributed by atoms with Crippen molar-refractivity contribution < 1.29 is 4.92 Å². The van der Waals surface area contributed by atoms with Gasteiger partial charge in [-0.1, -0.05) is 13.3 Å². The van der Waals surface area contributed by atoms with Crippen LogP contribution >= 0.6 is 0 Å². The highest BCUT2D eigenvalue weighted by Crippen LogP contribution is 2.26. The molecule has 0 heterocycles. The van der Waals surface area contributed by atoms with E-state index in [0.29, 0.717) is 0 Å². The molecule has 0 spiro atoms. The van der Waals surface area contributed by atoms with Crippen LogP contribution in [0, 0.1) is 10.1 Å². The van der Waals surface area contributed by atoms with Crippen LogP contribution in [0.2, 0.25) is 0 Å². The van der Waals surface area contributed by atoms with Crippen molar-refractivity contribution in [1.29, 1.82) is 0 Å². The molecular weight excluding hydrogens is 206 g/mol. The lowest BCUT2D eigenvalue weighted by Gasteiger charge is -2.19. The van der Waals surface area contributed by atoms with E-state index in [0.717, 1.165) is 25.1 Å². The Morgan fingerprint density at radius 3 is 2.69 bits per heavy atom. The number of hydrogen-bond acceptors (Lipinski definition) is 4. The van der Waals surface area contributed by atoms with Crippen LogP contribution in [0.15, 0.2) is 18.2 Å². The third-order valence-corrected chi connectivity index (χ3v) is 2.50. The van der Waals surface area contributed by atoms with E-state index in [-0.39, 0.29) is 11.4 Å². The van der Waals surface area contributed by atoms with E-state index in [2.05, 4.69) is 6.92 Å². The van der Waals surface area contributed by atoms with Crippen molar-refractivity contribution in [3.63, 3.8) is 0 Å². The summed E-state index contributed by atoms with van der Waals surface area (Å²) in [7, 11) is 1.95. The fourth-order valence-electron chi connectivity index (χ4n) is 1.47. The summed E-state index contributed by atoms with van der Waals surface area (Å²) < 4.78 is 0. The predicted molar refractivity (Wildman–Crippen MR) is 65.7 cm³/mol. The largest absolute Gasteiger partial charge is 0.393 e. The van der Waals surface area contributed by atoms with Crippen LogP contribution < -0.4 is 10.6 Å². The number of rotatable bonds is 5. The zero-order valence-corrected chi connectivity index (χ0v) is 9.64. The van der Waals surface area contributed by atoms with Crippen LogP contribution in [0.4, 0.5) is 17.1 Å². The number of benzene rings is 1. The van der Waals surface area contributed by atoms with Gasteiger partial charge in [-0.15, -0.1) is 0 Å². The molecule has 1 aromatic rings. The minimum absolute atomic E-state index is 0.0346. The summed E-state index contributed by atoms with van der Waals surface area (Å²) in [6, 6.07) is 4.82. The van der Waals surface area contributed by atoms with Gasteiger partial charge < -0.3 is 10.6 Å². The van der Waals surface area contributed by atoms with Gasteiger partial charge in [0.1, 0.15) is 5.69 Å². The van der Waals surface area contributed by atoms with Crippen molar-refractivity contribution in [2.24, 2.45) is 0 Å².